The molecule has 5 heteroatoms. The maximum absolute atomic E-state index is 5.77. The van der Waals surface area contributed by atoms with Gasteiger partial charge in [-0.3, -0.25) is 15.0 Å². The zero-order valence-electron chi connectivity index (χ0n) is 15.0. The van der Waals surface area contributed by atoms with Crippen LogP contribution in [0.3, 0.4) is 0 Å². The van der Waals surface area contributed by atoms with E-state index >= 15 is 0 Å². The van der Waals surface area contributed by atoms with Crippen LogP contribution in [-0.2, 0) is 11.3 Å². The maximum Gasteiger partial charge on any atom is 0.0705 e. The summed E-state index contributed by atoms with van der Waals surface area (Å²) >= 11 is 0. The molecular formula is C20H24N4O. The van der Waals surface area contributed by atoms with Crippen molar-refractivity contribution in [3.63, 3.8) is 0 Å². The standard InChI is InChI=1S/C20H24N4O/c1-13-4-6-17-10-16(5-7-18(17)21-13)11-24-8-9-25-12-19(24)20-14(2)22-23-15(20)3/h4-7,10,19H,8-9,11-12H2,1-3H3,(H,22,23)/t19-/m1/s1. The third-order valence-corrected chi connectivity index (χ3v) is 5.04. The smallest absolute Gasteiger partial charge is 0.0705 e. The summed E-state index contributed by atoms with van der Waals surface area (Å²) in [6, 6.07) is 11.0. The number of pyridine rings is 1. The van der Waals surface area contributed by atoms with Crippen molar-refractivity contribution in [3.8, 4) is 0 Å². The van der Waals surface area contributed by atoms with E-state index in [1.807, 2.05) is 6.92 Å². The van der Waals surface area contributed by atoms with Crippen LogP contribution in [0.15, 0.2) is 30.3 Å². The fraction of sp³-hybridized carbons (Fsp3) is 0.400. The first-order chi connectivity index (χ1) is 12.1. The lowest BCUT2D eigenvalue weighted by Crippen LogP contribution is -2.39. The molecule has 0 radical (unpaired) electrons. The Morgan fingerprint density at radius 3 is 2.88 bits per heavy atom. The van der Waals surface area contributed by atoms with Crippen LogP contribution < -0.4 is 0 Å². The first-order valence-electron chi connectivity index (χ1n) is 8.81. The second-order valence-corrected chi connectivity index (χ2v) is 6.89. The number of rotatable bonds is 3. The summed E-state index contributed by atoms with van der Waals surface area (Å²) in [6.45, 7) is 9.51. The van der Waals surface area contributed by atoms with Gasteiger partial charge in [-0.2, -0.15) is 5.10 Å². The molecule has 0 spiro atoms. The SMILES string of the molecule is Cc1ccc2cc(CN3CCOC[C@@H]3c3c(C)n[nH]c3C)ccc2n1. The molecule has 1 N–H and O–H groups in total. The van der Waals surface area contributed by atoms with E-state index in [4.69, 9.17) is 4.74 Å². The fourth-order valence-electron chi connectivity index (χ4n) is 3.75. The number of hydrogen-bond donors (Lipinski definition) is 1. The molecule has 0 unspecified atom stereocenters. The van der Waals surface area contributed by atoms with E-state index in [2.05, 4.69) is 64.3 Å². The van der Waals surface area contributed by atoms with Crippen molar-refractivity contribution in [2.45, 2.75) is 33.4 Å². The van der Waals surface area contributed by atoms with Crippen molar-refractivity contribution in [1.82, 2.24) is 20.1 Å². The third-order valence-electron chi connectivity index (χ3n) is 5.04. The van der Waals surface area contributed by atoms with Crippen LogP contribution in [0.2, 0.25) is 0 Å². The Labute approximate surface area is 148 Å². The molecule has 3 aromatic rings. The predicted molar refractivity (Wildman–Crippen MR) is 98.5 cm³/mol. The molecular weight excluding hydrogens is 312 g/mol. The molecule has 0 amide bonds. The predicted octanol–water partition coefficient (Wildman–Crippen LogP) is 3.46. The van der Waals surface area contributed by atoms with E-state index in [1.165, 1.54) is 16.5 Å². The second-order valence-electron chi connectivity index (χ2n) is 6.89. The largest absolute Gasteiger partial charge is 0.378 e. The normalized spacial score (nSPS) is 18.8. The van der Waals surface area contributed by atoms with Crippen LogP contribution in [0.4, 0.5) is 0 Å². The lowest BCUT2D eigenvalue weighted by Gasteiger charge is -2.36. The Morgan fingerprint density at radius 2 is 2.08 bits per heavy atom. The number of ether oxygens (including phenoxy) is 1. The van der Waals surface area contributed by atoms with Crippen LogP contribution in [-0.4, -0.2) is 39.8 Å². The quantitative estimate of drug-likeness (QED) is 0.796. The summed E-state index contributed by atoms with van der Waals surface area (Å²) in [7, 11) is 0. The molecule has 4 rings (SSSR count). The number of benzene rings is 1. The minimum absolute atomic E-state index is 0.249. The van der Waals surface area contributed by atoms with Gasteiger partial charge in [0.05, 0.1) is 30.5 Å². The monoisotopic (exact) mass is 336 g/mol. The zero-order valence-corrected chi connectivity index (χ0v) is 15.0. The topological polar surface area (TPSA) is 54.0 Å². The summed E-state index contributed by atoms with van der Waals surface area (Å²) in [4.78, 5) is 7.09. The Balaban J connectivity index is 1.62. The second kappa shape index (κ2) is 6.58. The minimum atomic E-state index is 0.249. The molecule has 0 saturated carbocycles. The molecule has 130 valence electrons. The van der Waals surface area contributed by atoms with E-state index < -0.39 is 0 Å². The van der Waals surface area contributed by atoms with Crippen LogP contribution >= 0.6 is 0 Å². The molecule has 1 aliphatic heterocycles. The van der Waals surface area contributed by atoms with E-state index in [0.717, 1.165) is 48.9 Å². The zero-order chi connectivity index (χ0) is 17.4. The van der Waals surface area contributed by atoms with Gasteiger partial charge in [0.1, 0.15) is 0 Å². The molecule has 1 aliphatic rings. The molecule has 1 atom stereocenters. The molecule has 0 aliphatic carbocycles. The number of hydrogen-bond acceptors (Lipinski definition) is 4. The van der Waals surface area contributed by atoms with Gasteiger partial charge in [-0.25, -0.2) is 0 Å². The van der Waals surface area contributed by atoms with Gasteiger partial charge in [0.25, 0.3) is 0 Å². The van der Waals surface area contributed by atoms with Crippen LogP contribution in [0, 0.1) is 20.8 Å². The number of fused-ring (bicyclic) bond motifs is 1. The Bertz CT molecular complexity index is 882. The average molecular weight is 336 g/mol. The minimum Gasteiger partial charge on any atom is -0.378 e. The maximum atomic E-state index is 5.77. The van der Waals surface area contributed by atoms with Crippen LogP contribution in [0.5, 0.6) is 0 Å². The van der Waals surface area contributed by atoms with Gasteiger partial charge < -0.3 is 4.74 Å². The number of aromatic nitrogens is 3. The number of aryl methyl sites for hydroxylation is 3. The average Bonchev–Trinajstić information content (AvgIpc) is 2.94. The van der Waals surface area contributed by atoms with Gasteiger partial charge in [-0.1, -0.05) is 12.1 Å². The van der Waals surface area contributed by atoms with Gasteiger partial charge in [0, 0.05) is 35.4 Å². The summed E-state index contributed by atoms with van der Waals surface area (Å²) < 4.78 is 5.77. The Morgan fingerprint density at radius 1 is 1.20 bits per heavy atom. The summed E-state index contributed by atoms with van der Waals surface area (Å²) in [6.07, 6.45) is 0. The van der Waals surface area contributed by atoms with E-state index in [0.29, 0.717) is 0 Å². The van der Waals surface area contributed by atoms with Crippen molar-refractivity contribution in [2.75, 3.05) is 19.8 Å². The molecule has 1 saturated heterocycles. The fourth-order valence-corrected chi connectivity index (χ4v) is 3.75. The van der Waals surface area contributed by atoms with Gasteiger partial charge in [0.2, 0.25) is 0 Å². The molecule has 3 heterocycles. The molecule has 0 bridgehead atoms. The molecule has 2 aromatic heterocycles. The third kappa shape index (κ3) is 3.17. The first-order valence-corrected chi connectivity index (χ1v) is 8.81. The number of H-pyrrole nitrogens is 1. The molecule has 5 nitrogen and oxygen atoms in total. The number of aromatic amines is 1. The van der Waals surface area contributed by atoms with Crippen molar-refractivity contribution < 1.29 is 4.74 Å². The van der Waals surface area contributed by atoms with Crippen molar-refractivity contribution in [3.05, 3.63) is 58.5 Å². The first kappa shape index (κ1) is 16.2. The molecule has 1 fully saturated rings. The molecule has 25 heavy (non-hydrogen) atoms. The van der Waals surface area contributed by atoms with Gasteiger partial charge in [-0.15, -0.1) is 0 Å². The number of nitrogens with one attached hydrogen (secondary N) is 1. The highest BCUT2D eigenvalue weighted by Crippen LogP contribution is 2.30. The van der Waals surface area contributed by atoms with Gasteiger partial charge in [-0.05, 0) is 44.5 Å². The van der Waals surface area contributed by atoms with Gasteiger partial charge >= 0.3 is 0 Å². The summed E-state index contributed by atoms with van der Waals surface area (Å²) in [5.74, 6) is 0. The van der Waals surface area contributed by atoms with Crippen molar-refractivity contribution >= 4 is 10.9 Å². The van der Waals surface area contributed by atoms with Crippen LogP contribution in [0.25, 0.3) is 10.9 Å². The lowest BCUT2D eigenvalue weighted by atomic mass is 10.0. The lowest BCUT2D eigenvalue weighted by molar-refractivity contribution is -0.0131. The van der Waals surface area contributed by atoms with E-state index in [-0.39, 0.29) is 6.04 Å². The number of morpholine rings is 1. The van der Waals surface area contributed by atoms with Crippen molar-refractivity contribution in [1.29, 1.82) is 0 Å². The van der Waals surface area contributed by atoms with Gasteiger partial charge in [0.15, 0.2) is 0 Å². The Kier molecular flexibility index (Phi) is 4.27. The van der Waals surface area contributed by atoms with Crippen molar-refractivity contribution in [2.24, 2.45) is 0 Å². The highest BCUT2D eigenvalue weighted by molar-refractivity contribution is 5.79. The summed E-state index contributed by atoms with van der Waals surface area (Å²) in [5, 5.41) is 8.67. The molecule has 1 aromatic carbocycles. The summed E-state index contributed by atoms with van der Waals surface area (Å²) in [5.41, 5.74) is 6.90. The van der Waals surface area contributed by atoms with E-state index in [9.17, 15) is 0 Å². The highest BCUT2D eigenvalue weighted by Gasteiger charge is 2.28. The van der Waals surface area contributed by atoms with Crippen LogP contribution in [0.1, 0.15) is 34.3 Å². The number of nitrogens with zero attached hydrogens (tertiary/aromatic N) is 3. The Hall–Kier alpha value is -2.24. The highest BCUT2D eigenvalue weighted by atomic mass is 16.5. The van der Waals surface area contributed by atoms with E-state index in [1.54, 1.807) is 0 Å².